The van der Waals surface area contributed by atoms with Crippen LogP contribution in [0.3, 0.4) is 0 Å². The van der Waals surface area contributed by atoms with Crippen molar-refractivity contribution >= 4 is 17.7 Å². The van der Waals surface area contributed by atoms with Crippen LogP contribution in [-0.2, 0) is 22.6 Å². The first-order chi connectivity index (χ1) is 13.6. The molecule has 0 spiro atoms. The Morgan fingerprint density at radius 2 is 2.07 bits per heavy atom. The molecule has 1 aromatic carbocycles. The highest BCUT2D eigenvalue weighted by atomic mass is 16.3. The maximum atomic E-state index is 12.9. The molecule has 1 saturated heterocycles. The number of aliphatic hydroxyl groups excluding tert-OH is 1. The van der Waals surface area contributed by atoms with Crippen LogP contribution in [0.25, 0.3) is 5.69 Å². The number of benzene rings is 1. The van der Waals surface area contributed by atoms with E-state index in [9.17, 15) is 14.4 Å². The summed E-state index contributed by atoms with van der Waals surface area (Å²) in [6, 6.07) is 4.87. The van der Waals surface area contributed by atoms with Crippen LogP contribution in [0.2, 0.25) is 0 Å². The lowest BCUT2D eigenvalue weighted by atomic mass is 10.0. The molecule has 3 heterocycles. The molecule has 1 fully saturated rings. The number of imide groups is 1. The van der Waals surface area contributed by atoms with E-state index < -0.39 is 11.9 Å². The quantitative estimate of drug-likeness (QED) is 0.549. The number of nitrogens with one attached hydrogen (secondary N) is 1. The van der Waals surface area contributed by atoms with E-state index in [1.807, 2.05) is 18.3 Å². The largest absolute Gasteiger partial charge is 0.396 e. The number of aliphatic hydroxyl groups is 1. The Morgan fingerprint density at radius 3 is 2.86 bits per heavy atom. The summed E-state index contributed by atoms with van der Waals surface area (Å²) in [6.07, 6.45) is 4.68. The first-order valence-corrected chi connectivity index (χ1v) is 9.37. The van der Waals surface area contributed by atoms with Crippen molar-refractivity contribution in [2.45, 2.75) is 44.7 Å². The topological polar surface area (TPSA) is 117 Å². The van der Waals surface area contributed by atoms with Crippen molar-refractivity contribution in [3.63, 3.8) is 0 Å². The molecule has 3 amide bonds. The molecule has 0 aliphatic carbocycles. The average molecular weight is 383 g/mol. The summed E-state index contributed by atoms with van der Waals surface area (Å²) in [6.45, 7) is 0.509. The molecule has 9 nitrogen and oxygen atoms in total. The van der Waals surface area contributed by atoms with E-state index >= 15 is 0 Å². The fraction of sp³-hybridized carbons (Fsp3) is 0.421. The van der Waals surface area contributed by atoms with Gasteiger partial charge in [-0.05, 0) is 43.4 Å². The fourth-order valence-electron chi connectivity index (χ4n) is 3.64. The Bertz CT molecular complexity index is 938. The van der Waals surface area contributed by atoms with Crippen LogP contribution < -0.4 is 5.32 Å². The molecule has 9 heteroatoms. The zero-order valence-corrected chi connectivity index (χ0v) is 15.3. The summed E-state index contributed by atoms with van der Waals surface area (Å²) in [7, 11) is 0. The summed E-state index contributed by atoms with van der Waals surface area (Å²) in [5, 5.41) is 19.4. The maximum absolute atomic E-state index is 12.9. The number of carbonyl (C=O) groups excluding carboxylic acids is 3. The van der Waals surface area contributed by atoms with Gasteiger partial charge in [0.1, 0.15) is 6.04 Å². The summed E-state index contributed by atoms with van der Waals surface area (Å²) in [4.78, 5) is 37.9. The number of nitrogens with zero attached hydrogens (tertiary/aromatic N) is 4. The highest BCUT2D eigenvalue weighted by molar-refractivity contribution is 6.05. The first-order valence-electron chi connectivity index (χ1n) is 9.37. The van der Waals surface area contributed by atoms with E-state index in [0.717, 1.165) is 36.2 Å². The molecule has 0 radical (unpaired) electrons. The monoisotopic (exact) mass is 383 g/mol. The number of aromatic nitrogens is 3. The Hall–Kier alpha value is -3.07. The van der Waals surface area contributed by atoms with E-state index in [1.54, 1.807) is 10.7 Å². The van der Waals surface area contributed by atoms with Crippen molar-refractivity contribution in [3.05, 3.63) is 41.2 Å². The van der Waals surface area contributed by atoms with Crippen LogP contribution in [0.1, 0.15) is 47.3 Å². The van der Waals surface area contributed by atoms with Crippen molar-refractivity contribution in [1.82, 2.24) is 25.2 Å². The molecule has 1 aromatic heterocycles. The van der Waals surface area contributed by atoms with E-state index in [1.165, 1.54) is 4.90 Å². The van der Waals surface area contributed by atoms with Gasteiger partial charge in [0.25, 0.3) is 5.91 Å². The van der Waals surface area contributed by atoms with E-state index in [0.29, 0.717) is 18.5 Å². The molecule has 2 N–H and O–H groups in total. The van der Waals surface area contributed by atoms with Gasteiger partial charge in [0.15, 0.2) is 0 Å². The average Bonchev–Trinajstić information content (AvgIpc) is 3.27. The number of fused-ring (bicyclic) bond motifs is 1. The van der Waals surface area contributed by atoms with Gasteiger partial charge in [0, 0.05) is 25.1 Å². The normalized spacial score (nSPS) is 19.1. The summed E-state index contributed by atoms with van der Waals surface area (Å²) in [5.41, 5.74) is 2.94. The number of rotatable bonds is 6. The molecule has 4 rings (SSSR count). The minimum atomic E-state index is -0.620. The van der Waals surface area contributed by atoms with Gasteiger partial charge in [-0.3, -0.25) is 19.7 Å². The zero-order chi connectivity index (χ0) is 19.7. The van der Waals surface area contributed by atoms with Crippen molar-refractivity contribution in [3.8, 4) is 5.69 Å². The number of hydrogen-bond acceptors (Lipinski definition) is 6. The fourth-order valence-corrected chi connectivity index (χ4v) is 3.64. The smallest absolute Gasteiger partial charge is 0.255 e. The molecular weight excluding hydrogens is 362 g/mol. The third kappa shape index (κ3) is 3.40. The Morgan fingerprint density at radius 1 is 1.21 bits per heavy atom. The lowest BCUT2D eigenvalue weighted by Crippen LogP contribution is -2.52. The molecule has 1 unspecified atom stereocenters. The lowest BCUT2D eigenvalue weighted by Gasteiger charge is -2.29. The number of piperidine rings is 1. The highest BCUT2D eigenvalue weighted by Crippen LogP contribution is 2.29. The Kier molecular flexibility index (Phi) is 4.91. The third-order valence-electron chi connectivity index (χ3n) is 5.16. The van der Waals surface area contributed by atoms with Crippen LogP contribution in [0.5, 0.6) is 0 Å². The van der Waals surface area contributed by atoms with Crippen LogP contribution in [-0.4, -0.2) is 55.4 Å². The molecule has 2 aromatic rings. The third-order valence-corrected chi connectivity index (χ3v) is 5.16. The highest BCUT2D eigenvalue weighted by Gasteiger charge is 2.39. The summed E-state index contributed by atoms with van der Waals surface area (Å²) in [5.74, 6) is -0.926. The van der Waals surface area contributed by atoms with Gasteiger partial charge in [-0.25, -0.2) is 4.68 Å². The molecule has 146 valence electrons. The molecule has 0 saturated carbocycles. The van der Waals surface area contributed by atoms with Crippen LogP contribution >= 0.6 is 0 Å². The van der Waals surface area contributed by atoms with Crippen LogP contribution in [0.4, 0.5) is 0 Å². The molecule has 1 atom stereocenters. The molecule has 2 aliphatic heterocycles. The number of unbranched alkanes of at least 4 members (excludes halogenated alkanes) is 1. The second-order valence-corrected chi connectivity index (χ2v) is 7.08. The predicted molar refractivity (Wildman–Crippen MR) is 97.4 cm³/mol. The number of hydrogen-bond donors (Lipinski definition) is 2. The summed E-state index contributed by atoms with van der Waals surface area (Å²) < 4.78 is 1.62. The lowest BCUT2D eigenvalue weighted by molar-refractivity contribution is -0.136. The maximum Gasteiger partial charge on any atom is 0.255 e. The van der Waals surface area contributed by atoms with Gasteiger partial charge >= 0.3 is 0 Å². The standard InChI is InChI=1S/C19H21N5O4/c25-8-2-1-3-13-11-24(22-21-13)14-5-4-12-10-23(19(28)15(12)9-14)16-6-7-17(26)20-18(16)27/h4-5,9,11,16,25H,1-3,6-8,10H2,(H,20,26,27). The van der Waals surface area contributed by atoms with Gasteiger partial charge in [-0.2, -0.15) is 0 Å². The van der Waals surface area contributed by atoms with Crippen LogP contribution in [0.15, 0.2) is 24.4 Å². The van der Waals surface area contributed by atoms with Gasteiger partial charge in [0.2, 0.25) is 11.8 Å². The van der Waals surface area contributed by atoms with Gasteiger partial charge in [-0.15, -0.1) is 5.10 Å². The summed E-state index contributed by atoms with van der Waals surface area (Å²) >= 11 is 0. The van der Waals surface area contributed by atoms with Gasteiger partial charge < -0.3 is 10.0 Å². The molecule has 0 bridgehead atoms. The minimum absolute atomic E-state index is 0.157. The van der Waals surface area contributed by atoms with Crippen molar-refractivity contribution in [1.29, 1.82) is 0 Å². The van der Waals surface area contributed by atoms with Crippen molar-refractivity contribution in [2.24, 2.45) is 0 Å². The zero-order valence-electron chi connectivity index (χ0n) is 15.3. The predicted octanol–water partition coefficient (Wildman–Crippen LogP) is 0.343. The van der Waals surface area contributed by atoms with Crippen molar-refractivity contribution in [2.75, 3.05) is 6.61 Å². The van der Waals surface area contributed by atoms with Crippen LogP contribution in [0, 0.1) is 0 Å². The molecule has 28 heavy (non-hydrogen) atoms. The number of aryl methyl sites for hydroxylation is 1. The number of carbonyl (C=O) groups is 3. The van der Waals surface area contributed by atoms with E-state index in [2.05, 4.69) is 15.6 Å². The van der Waals surface area contributed by atoms with Gasteiger partial charge in [0.05, 0.1) is 17.6 Å². The van der Waals surface area contributed by atoms with E-state index in [4.69, 9.17) is 5.11 Å². The van der Waals surface area contributed by atoms with Gasteiger partial charge in [-0.1, -0.05) is 11.3 Å². The number of amides is 3. The minimum Gasteiger partial charge on any atom is -0.396 e. The van der Waals surface area contributed by atoms with Crippen molar-refractivity contribution < 1.29 is 19.5 Å². The Labute approximate surface area is 161 Å². The van der Waals surface area contributed by atoms with E-state index in [-0.39, 0.29) is 24.8 Å². The second-order valence-electron chi connectivity index (χ2n) is 7.08. The second kappa shape index (κ2) is 7.51. The molecular formula is C19H21N5O4. The molecule has 2 aliphatic rings. The first kappa shape index (κ1) is 18.3. The SMILES string of the molecule is O=C1CCC(N2Cc3ccc(-n4cc(CCCCO)nn4)cc3C2=O)C(=O)N1. The Balaban J connectivity index is 1.52.